The summed E-state index contributed by atoms with van der Waals surface area (Å²) in [5.74, 6) is 1.12. The van der Waals surface area contributed by atoms with Gasteiger partial charge in [0.05, 0.1) is 18.7 Å². The van der Waals surface area contributed by atoms with Crippen LogP contribution in [0.15, 0.2) is 23.5 Å². The Kier molecular flexibility index (Phi) is 4.07. The predicted octanol–water partition coefficient (Wildman–Crippen LogP) is 3.25. The molecule has 0 atom stereocenters. The molecule has 6 heteroatoms. The lowest BCUT2D eigenvalue weighted by Gasteiger charge is -2.05. The number of hydrogen-bond donors (Lipinski definition) is 2. The fraction of sp³-hybridized carbons (Fsp3) is 0.368. The Morgan fingerprint density at radius 1 is 1.36 bits per heavy atom. The molecule has 130 valence electrons. The number of nitrogens with zero attached hydrogens (tertiary/aromatic N) is 2. The molecule has 1 amide bonds. The number of imidazole rings is 1. The molecule has 0 fully saturated rings. The van der Waals surface area contributed by atoms with Crippen molar-refractivity contribution in [2.24, 2.45) is 0 Å². The van der Waals surface area contributed by atoms with Gasteiger partial charge in [-0.1, -0.05) is 23.4 Å². The zero-order valence-corrected chi connectivity index (χ0v) is 15.6. The zero-order chi connectivity index (χ0) is 17.6. The normalized spacial score (nSPS) is 13.4. The summed E-state index contributed by atoms with van der Waals surface area (Å²) in [5, 5.41) is 5.22. The fourth-order valence-corrected chi connectivity index (χ4v) is 4.49. The van der Waals surface area contributed by atoms with Crippen molar-refractivity contribution in [2.45, 2.75) is 45.4 Å². The largest absolute Gasteiger partial charge is 0.358 e. The number of nitrogens with one attached hydrogen (secondary N) is 2. The molecule has 1 aliphatic heterocycles. The van der Waals surface area contributed by atoms with Gasteiger partial charge in [0.15, 0.2) is 5.16 Å². The van der Waals surface area contributed by atoms with E-state index in [1.807, 2.05) is 13.1 Å². The van der Waals surface area contributed by atoms with Crippen LogP contribution in [0.5, 0.6) is 0 Å². The molecule has 0 unspecified atom stereocenters. The summed E-state index contributed by atoms with van der Waals surface area (Å²) < 4.78 is 2.15. The highest BCUT2D eigenvalue weighted by Gasteiger charge is 2.16. The highest BCUT2D eigenvalue weighted by atomic mass is 32.2. The number of aromatic amines is 1. The Morgan fingerprint density at radius 3 is 3.00 bits per heavy atom. The predicted molar refractivity (Wildman–Crippen MR) is 101 cm³/mol. The van der Waals surface area contributed by atoms with E-state index in [2.05, 4.69) is 45.8 Å². The molecule has 0 saturated carbocycles. The number of H-pyrrole nitrogens is 1. The van der Waals surface area contributed by atoms with Gasteiger partial charge in [0.2, 0.25) is 5.91 Å². The molecule has 3 heterocycles. The van der Waals surface area contributed by atoms with Crippen molar-refractivity contribution < 1.29 is 4.79 Å². The number of carbonyl (C=O) groups excluding carboxylic acids is 1. The maximum absolute atomic E-state index is 12.5. The first-order chi connectivity index (χ1) is 12.0. The minimum absolute atomic E-state index is 0.0315. The molecule has 0 spiro atoms. The van der Waals surface area contributed by atoms with E-state index in [0.29, 0.717) is 13.0 Å². The van der Waals surface area contributed by atoms with Gasteiger partial charge < -0.3 is 14.9 Å². The van der Waals surface area contributed by atoms with Crippen LogP contribution < -0.4 is 5.32 Å². The van der Waals surface area contributed by atoms with Crippen LogP contribution in [0.3, 0.4) is 0 Å². The quantitative estimate of drug-likeness (QED) is 0.756. The van der Waals surface area contributed by atoms with Gasteiger partial charge in [0.25, 0.3) is 0 Å². The van der Waals surface area contributed by atoms with Crippen molar-refractivity contribution in [3.05, 3.63) is 46.4 Å². The molecule has 1 aromatic carbocycles. The molecule has 2 N–H and O–H groups in total. The molecule has 3 aromatic rings. The van der Waals surface area contributed by atoms with Gasteiger partial charge in [0, 0.05) is 35.1 Å². The lowest BCUT2D eigenvalue weighted by molar-refractivity contribution is -0.120. The van der Waals surface area contributed by atoms with Crippen molar-refractivity contribution in [3.8, 4) is 0 Å². The first kappa shape index (κ1) is 16.3. The lowest BCUT2D eigenvalue weighted by atomic mass is 10.0. The van der Waals surface area contributed by atoms with Crippen LogP contribution in [0.4, 0.5) is 0 Å². The summed E-state index contributed by atoms with van der Waals surface area (Å²) in [7, 11) is 0. The van der Waals surface area contributed by atoms with Crippen molar-refractivity contribution in [1.82, 2.24) is 19.9 Å². The Hall–Kier alpha value is -2.21. The van der Waals surface area contributed by atoms with Crippen LogP contribution in [0, 0.1) is 20.8 Å². The highest BCUT2D eigenvalue weighted by molar-refractivity contribution is 7.99. The Balaban J connectivity index is 1.48. The Labute approximate surface area is 151 Å². The van der Waals surface area contributed by atoms with Gasteiger partial charge >= 0.3 is 0 Å². The van der Waals surface area contributed by atoms with Crippen molar-refractivity contribution in [3.63, 3.8) is 0 Å². The van der Waals surface area contributed by atoms with Crippen molar-refractivity contribution >= 4 is 28.6 Å². The molecule has 5 nitrogen and oxygen atoms in total. The second-order valence-electron chi connectivity index (χ2n) is 6.74. The van der Waals surface area contributed by atoms with Crippen LogP contribution in [0.2, 0.25) is 0 Å². The smallest absolute Gasteiger partial charge is 0.224 e. The third-order valence-electron chi connectivity index (χ3n) is 4.73. The van der Waals surface area contributed by atoms with Gasteiger partial charge in [-0.25, -0.2) is 4.98 Å². The minimum Gasteiger partial charge on any atom is -0.358 e. The molecule has 4 rings (SSSR count). The van der Waals surface area contributed by atoms with Gasteiger partial charge in [0.1, 0.15) is 0 Å². The van der Waals surface area contributed by atoms with E-state index in [1.54, 1.807) is 11.8 Å². The number of fused-ring (bicyclic) bond motifs is 2. The first-order valence-electron chi connectivity index (χ1n) is 8.55. The third kappa shape index (κ3) is 3.06. The number of amides is 1. The maximum Gasteiger partial charge on any atom is 0.224 e. The molecule has 1 aliphatic rings. The number of aromatic nitrogens is 3. The SMILES string of the molecule is Cc1cc(C)c2[nH]c(C)c(CC(=O)NCc3cn4c(n3)SCC4)c2c1. The average Bonchev–Trinajstić information content (AvgIpc) is 3.21. The fourth-order valence-electron chi connectivity index (χ4n) is 3.52. The number of carbonyl (C=O) groups is 1. The minimum atomic E-state index is 0.0315. The summed E-state index contributed by atoms with van der Waals surface area (Å²) in [5.41, 5.74) is 6.65. The van der Waals surface area contributed by atoms with Crippen LogP contribution in [0.25, 0.3) is 10.9 Å². The van der Waals surface area contributed by atoms with Gasteiger partial charge in [-0.2, -0.15) is 0 Å². The standard InChI is InChI=1S/C19H22N4OS/c1-11-6-12(2)18-16(7-11)15(13(3)21-18)8-17(24)20-9-14-10-23-4-5-25-19(23)22-14/h6-7,10,21H,4-5,8-9H2,1-3H3,(H,20,24). The maximum atomic E-state index is 12.5. The Bertz CT molecular complexity index is 948. The van der Waals surface area contributed by atoms with E-state index in [0.717, 1.165) is 45.3 Å². The zero-order valence-electron chi connectivity index (χ0n) is 14.8. The van der Waals surface area contributed by atoms with Gasteiger partial charge in [-0.15, -0.1) is 0 Å². The molecular formula is C19H22N4OS. The van der Waals surface area contributed by atoms with Crippen LogP contribution in [-0.4, -0.2) is 26.2 Å². The molecule has 0 saturated heterocycles. The summed E-state index contributed by atoms with van der Waals surface area (Å²) in [6.07, 6.45) is 2.43. The van der Waals surface area contributed by atoms with E-state index in [-0.39, 0.29) is 5.91 Å². The van der Waals surface area contributed by atoms with Crippen LogP contribution in [0.1, 0.15) is 28.1 Å². The second kappa shape index (κ2) is 6.26. The van der Waals surface area contributed by atoms with E-state index < -0.39 is 0 Å². The third-order valence-corrected chi connectivity index (χ3v) is 5.70. The van der Waals surface area contributed by atoms with Gasteiger partial charge in [-0.05, 0) is 38.0 Å². The summed E-state index contributed by atoms with van der Waals surface area (Å²) in [4.78, 5) is 20.4. The monoisotopic (exact) mass is 354 g/mol. The summed E-state index contributed by atoms with van der Waals surface area (Å²) in [6, 6.07) is 4.32. The molecular weight excluding hydrogens is 332 g/mol. The summed E-state index contributed by atoms with van der Waals surface area (Å²) >= 11 is 1.77. The number of hydrogen-bond acceptors (Lipinski definition) is 3. The number of thioether (sulfide) groups is 1. The number of aryl methyl sites for hydroxylation is 4. The number of rotatable bonds is 4. The molecule has 0 bridgehead atoms. The summed E-state index contributed by atoms with van der Waals surface area (Å²) in [6.45, 7) is 7.72. The van der Waals surface area contributed by atoms with E-state index in [9.17, 15) is 4.79 Å². The van der Waals surface area contributed by atoms with Gasteiger partial charge in [-0.3, -0.25) is 4.79 Å². The Morgan fingerprint density at radius 2 is 2.20 bits per heavy atom. The van der Waals surface area contributed by atoms with E-state index in [1.165, 1.54) is 11.1 Å². The van der Waals surface area contributed by atoms with Crippen molar-refractivity contribution in [1.29, 1.82) is 0 Å². The average molecular weight is 354 g/mol. The second-order valence-corrected chi connectivity index (χ2v) is 7.81. The first-order valence-corrected chi connectivity index (χ1v) is 9.54. The molecule has 2 aromatic heterocycles. The van der Waals surface area contributed by atoms with E-state index >= 15 is 0 Å². The van der Waals surface area contributed by atoms with Crippen molar-refractivity contribution in [2.75, 3.05) is 5.75 Å². The molecule has 0 radical (unpaired) electrons. The van der Waals surface area contributed by atoms with Crippen LogP contribution in [-0.2, 0) is 24.3 Å². The molecule has 25 heavy (non-hydrogen) atoms. The highest BCUT2D eigenvalue weighted by Crippen LogP contribution is 2.27. The van der Waals surface area contributed by atoms with Crippen LogP contribution >= 0.6 is 11.8 Å². The topological polar surface area (TPSA) is 62.7 Å². The number of benzene rings is 1. The molecule has 0 aliphatic carbocycles. The lowest BCUT2D eigenvalue weighted by Crippen LogP contribution is -2.25. The van der Waals surface area contributed by atoms with E-state index in [4.69, 9.17) is 0 Å².